The number of rotatable bonds is 5. The molecular formula is C15H27N3O3. The lowest BCUT2D eigenvalue weighted by atomic mass is 10.00. The number of hydrogen-bond acceptors (Lipinski definition) is 4. The third-order valence-corrected chi connectivity index (χ3v) is 2.93. The van der Waals surface area contributed by atoms with Crippen LogP contribution in [0.2, 0.25) is 0 Å². The van der Waals surface area contributed by atoms with Gasteiger partial charge in [-0.1, -0.05) is 6.08 Å². The van der Waals surface area contributed by atoms with Crippen LogP contribution >= 0.6 is 0 Å². The van der Waals surface area contributed by atoms with Crippen molar-refractivity contribution in [1.82, 2.24) is 15.1 Å². The van der Waals surface area contributed by atoms with Gasteiger partial charge >= 0.3 is 6.09 Å². The van der Waals surface area contributed by atoms with Crippen molar-refractivity contribution < 1.29 is 14.3 Å². The lowest BCUT2D eigenvalue weighted by molar-refractivity contribution is -0.131. The van der Waals surface area contributed by atoms with Crippen molar-refractivity contribution in [2.45, 2.75) is 26.4 Å². The van der Waals surface area contributed by atoms with Gasteiger partial charge in [0.2, 0.25) is 5.91 Å². The lowest BCUT2D eigenvalue weighted by Crippen LogP contribution is -2.53. The highest BCUT2D eigenvalue weighted by Gasteiger charge is 2.29. The Morgan fingerprint density at radius 1 is 1.33 bits per heavy atom. The number of alkyl carbamates (subject to hydrolysis) is 1. The maximum absolute atomic E-state index is 11.8. The van der Waals surface area contributed by atoms with Crippen molar-refractivity contribution in [1.29, 1.82) is 0 Å². The van der Waals surface area contributed by atoms with Crippen molar-refractivity contribution in [2.24, 2.45) is 5.92 Å². The molecule has 1 aliphatic rings. The molecule has 1 N–H and O–H groups in total. The van der Waals surface area contributed by atoms with Gasteiger partial charge in [-0.05, 0) is 34.9 Å². The standard InChI is InChI=1S/C15H27N3O3/c1-15(2,3)21-14(20)16-9-12-10-18(11-12)13(19)7-6-8-17(4)5/h6-7,12H,8-11H2,1-5H3,(H,16,20)/b7-6+. The van der Waals surface area contributed by atoms with E-state index in [2.05, 4.69) is 5.32 Å². The van der Waals surface area contributed by atoms with E-state index in [1.54, 1.807) is 11.0 Å². The molecule has 0 aliphatic carbocycles. The van der Waals surface area contributed by atoms with Gasteiger partial charge in [0.1, 0.15) is 5.60 Å². The number of nitrogens with one attached hydrogen (secondary N) is 1. The van der Waals surface area contributed by atoms with Gasteiger partial charge in [-0.3, -0.25) is 4.79 Å². The van der Waals surface area contributed by atoms with E-state index in [0.29, 0.717) is 25.6 Å². The number of hydrogen-bond donors (Lipinski definition) is 1. The number of amides is 2. The second-order valence-corrected chi connectivity index (χ2v) is 6.66. The smallest absolute Gasteiger partial charge is 0.407 e. The average molecular weight is 297 g/mol. The van der Waals surface area contributed by atoms with Gasteiger partial charge in [0.15, 0.2) is 0 Å². The highest BCUT2D eigenvalue weighted by atomic mass is 16.6. The Morgan fingerprint density at radius 3 is 2.48 bits per heavy atom. The van der Waals surface area contributed by atoms with E-state index in [9.17, 15) is 9.59 Å². The van der Waals surface area contributed by atoms with Gasteiger partial charge in [-0.25, -0.2) is 4.79 Å². The summed E-state index contributed by atoms with van der Waals surface area (Å²) in [4.78, 5) is 27.0. The number of likely N-dealkylation sites (N-methyl/N-ethyl adjacent to an activating group) is 1. The van der Waals surface area contributed by atoms with E-state index in [1.807, 2.05) is 45.8 Å². The van der Waals surface area contributed by atoms with Crippen molar-refractivity contribution in [3.05, 3.63) is 12.2 Å². The van der Waals surface area contributed by atoms with Gasteiger partial charge in [0, 0.05) is 38.2 Å². The van der Waals surface area contributed by atoms with Crippen LogP contribution in [0, 0.1) is 5.92 Å². The summed E-state index contributed by atoms with van der Waals surface area (Å²) < 4.78 is 5.16. The van der Waals surface area contributed by atoms with Crippen LogP contribution in [0.1, 0.15) is 20.8 Å². The Kier molecular flexibility index (Phi) is 6.20. The molecule has 0 unspecified atom stereocenters. The van der Waals surface area contributed by atoms with Gasteiger partial charge in [-0.15, -0.1) is 0 Å². The van der Waals surface area contributed by atoms with Crippen LogP contribution in [-0.2, 0) is 9.53 Å². The third-order valence-electron chi connectivity index (χ3n) is 2.93. The molecule has 1 aliphatic heterocycles. The molecule has 0 aromatic carbocycles. The highest BCUT2D eigenvalue weighted by Crippen LogP contribution is 2.15. The van der Waals surface area contributed by atoms with E-state index in [4.69, 9.17) is 4.74 Å². The van der Waals surface area contributed by atoms with Gasteiger partial charge in [-0.2, -0.15) is 0 Å². The predicted molar refractivity (Wildman–Crippen MR) is 82.0 cm³/mol. The van der Waals surface area contributed by atoms with E-state index in [1.165, 1.54) is 0 Å². The average Bonchev–Trinajstić information content (AvgIpc) is 2.23. The molecule has 1 saturated heterocycles. The number of carbonyl (C=O) groups excluding carboxylic acids is 2. The lowest BCUT2D eigenvalue weighted by Gasteiger charge is -2.38. The van der Waals surface area contributed by atoms with E-state index in [-0.39, 0.29) is 5.91 Å². The minimum Gasteiger partial charge on any atom is -0.444 e. The molecule has 1 fully saturated rings. The first-order chi connectivity index (χ1) is 9.67. The highest BCUT2D eigenvalue weighted by molar-refractivity contribution is 5.88. The Balaban J connectivity index is 2.17. The zero-order valence-corrected chi connectivity index (χ0v) is 13.7. The monoisotopic (exact) mass is 297 g/mol. The van der Waals surface area contributed by atoms with Crippen LogP contribution in [0.4, 0.5) is 4.79 Å². The first kappa shape index (κ1) is 17.5. The second kappa shape index (κ2) is 7.45. The zero-order valence-electron chi connectivity index (χ0n) is 13.7. The summed E-state index contributed by atoms with van der Waals surface area (Å²) in [5.41, 5.74) is -0.483. The third kappa shape index (κ3) is 7.13. The molecule has 1 heterocycles. The molecule has 0 aromatic rings. The number of likely N-dealkylation sites (tertiary alicyclic amines) is 1. The van der Waals surface area contributed by atoms with E-state index >= 15 is 0 Å². The fourth-order valence-electron chi connectivity index (χ4n) is 1.89. The Morgan fingerprint density at radius 2 is 1.95 bits per heavy atom. The Bertz CT molecular complexity index is 393. The van der Waals surface area contributed by atoms with Crippen LogP contribution < -0.4 is 5.32 Å². The molecule has 0 radical (unpaired) electrons. The number of carbonyl (C=O) groups is 2. The topological polar surface area (TPSA) is 61.9 Å². The molecule has 1 rings (SSSR count). The summed E-state index contributed by atoms with van der Waals surface area (Å²) in [5, 5.41) is 2.73. The molecular weight excluding hydrogens is 270 g/mol. The zero-order chi connectivity index (χ0) is 16.0. The molecule has 120 valence electrons. The Labute approximate surface area is 127 Å². The fraction of sp³-hybridized carbons (Fsp3) is 0.733. The first-order valence-corrected chi connectivity index (χ1v) is 7.24. The molecule has 21 heavy (non-hydrogen) atoms. The normalized spacial score (nSPS) is 16.2. The van der Waals surface area contributed by atoms with Crippen LogP contribution in [0.25, 0.3) is 0 Å². The summed E-state index contributed by atoms with van der Waals surface area (Å²) in [6.07, 6.45) is 3.06. The van der Waals surface area contributed by atoms with E-state index in [0.717, 1.165) is 6.54 Å². The second-order valence-electron chi connectivity index (χ2n) is 6.66. The summed E-state index contributed by atoms with van der Waals surface area (Å²) in [5.74, 6) is 0.342. The minimum atomic E-state index is -0.483. The molecule has 0 aromatic heterocycles. The van der Waals surface area contributed by atoms with Crippen molar-refractivity contribution in [3.63, 3.8) is 0 Å². The molecule has 6 nitrogen and oxygen atoms in total. The number of nitrogens with zero attached hydrogens (tertiary/aromatic N) is 2. The fourth-order valence-corrected chi connectivity index (χ4v) is 1.89. The van der Waals surface area contributed by atoms with E-state index < -0.39 is 11.7 Å². The molecule has 0 atom stereocenters. The van der Waals surface area contributed by atoms with Gasteiger partial charge in [0.25, 0.3) is 0 Å². The predicted octanol–water partition coefficient (Wildman–Crippen LogP) is 1.09. The summed E-state index contributed by atoms with van der Waals surface area (Å²) in [6, 6.07) is 0. The number of ether oxygens (including phenoxy) is 1. The van der Waals surface area contributed by atoms with Gasteiger partial charge < -0.3 is 19.9 Å². The summed E-state index contributed by atoms with van der Waals surface area (Å²) >= 11 is 0. The van der Waals surface area contributed by atoms with Crippen LogP contribution in [0.5, 0.6) is 0 Å². The molecule has 0 saturated carbocycles. The van der Waals surface area contributed by atoms with Crippen molar-refractivity contribution in [2.75, 3.05) is 40.3 Å². The van der Waals surface area contributed by atoms with Crippen LogP contribution in [-0.4, -0.2) is 67.7 Å². The van der Waals surface area contributed by atoms with Gasteiger partial charge in [0.05, 0.1) is 0 Å². The van der Waals surface area contributed by atoms with Crippen molar-refractivity contribution >= 4 is 12.0 Å². The molecule has 0 bridgehead atoms. The maximum Gasteiger partial charge on any atom is 0.407 e. The molecule has 2 amide bonds. The largest absolute Gasteiger partial charge is 0.444 e. The SMILES string of the molecule is CN(C)C/C=C/C(=O)N1CC(CNC(=O)OC(C)(C)C)C1. The maximum atomic E-state index is 11.8. The summed E-state index contributed by atoms with van der Waals surface area (Å²) in [6.45, 7) is 8.15. The molecule has 0 spiro atoms. The first-order valence-electron chi connectivity index (χ1n) is 7.24. The van der Waals surface area contributed by atoms with Crippen LogP contribution in [0.3, 0.4) is 0 Å². The van der Waals surface area contributed by atoms with Crippen molar-refractivity contribution in [3.8, 4) is 0 Å². The van der Waals surface area contributed by atoms with Crippen LogP contribution in [0.15, 0.2) is 12.2 Å². The minimum absolute atomic E-state index is 0.0327. The Hall–Kier alpha value is -1.56. The quantitative estimate of drug-likeness (QED) is 0.772. The molecule has 6 heteroatoms. The summed E-state index contributed by atoms with van der Waals surface area (Å²) in [7, 11) is 3.91.